The maximum Gasteiger partial charge on any atom is 0.0180 e. The second-order valence-electron chi connectivity index (χ2n) is 6.29. The molecule has 92 valence electrons. The molecule has 2 aliphatic rings. The van der Waals surface area contributed by atoms with Crippen molar-refractivity contribution in [2.75, 3.05) is 32.7 Å². The second kappa shape index (κ2) is 4.40. The maximum absolute atomic E-state index is 4.04. The lowest BCUT2D eigenvalue weighted by atomic mass is 9.71. The molecule has 1 spiro atoms. The largest absolute Gasteiger partial charge is 0.375 e. The molecule has 0 aliphatic carbocycles. The standard InChI is InChI=1S/C14H26N2/c1-12(2)9-15-10-14(11-15)5-7-16(8-6-14)13(3)4/h12H,3,5-11H2,1-2,4H3. The van der Waals surface area contributed by atoms with Crippen LogP contribution in [0.4, 0.5) is 0 Å². The molecule has 0 amide bonds. The zero-order valence-corrected chi connectivity index (χ0v) is 11.1. The van der Waals surface area contributed by atoms with Crippen LogP contribution in [0.15, 0.2) is 12.3 Å². The lowest BCUT2D eigenvalue weighted by molar-refractivity contribution is -0.0459. The van der Waals surface area contributed by atoms with Crippen LogP contribution < -0.4 is 0 Å². The van der Waals surface area contributed by atoms with Gasteiger partial charge >= 0.3 is 0 Å². The summed E-state index contributed by atoms with van der Waals surface area (Å²) >= 11 is 0. The van der Waals surface area contributed by atoms with Crippen molar-refractivity contribution < 1.29 is 0 Å². The summed E-state index contributed by atoms with van der Waals surface area (Å²) in [6.45, 7) is 17.2. The summed E-state index contributed by atoms with van der Waals surface area (Å²) in [5, 5.41) is 0. The van der Waals surface area contributed by atoms with Gasteiger partial charge in [0.1, 0.15) is 0 Å². The number of hydrogen-bond acceptors (Lipinski definition) is 2. The van der Waals surface area contributed by atoms with Crippen LogP contribution in [-0.2, 0) is 0 Å². The van der Waals surface area contributed by atoms with Crippen LogP contribution in [0.2, 0.25) is 0 Å². The van der Waals surface area contributed by atoms with Crippen molar-refractivity contribution in [2.45, 2.75) is 33.6 Å². The highest BCUT2D eigenvalue weighted by Gasteiger charge is 2.44. The van der Waals surface area contributed by atoms with Gasteiger partial charge in [0.05, 0.1) is 0 Å². The zero-order valence-electron chi connectivity index (χ0n) is 11.1. The van der Waals surface area contributed by atoms with E-state index >= 15 is 0 Å². The van der Waals surface area contributed by atoms with E-state index in [2.05, 4.69) is 37.1 Å². The van der Waals surface area contributed by atoms with Gasteiger partial charge in [0.25, 0.3) is 0 Å². The number of nitrogens with zero attached hydrogens (tertiary/aromatic N) is 2. The van der Waals surface area contributed by atoms with Crippen molar-refractivity contribution in [1.29, 1.82) is 0 Å². The molecule has 0 saturated carbocycles. The van der Waals surface area contributed by atoms with E-state index in [-0.39, 0.29) is 0 Å². The van der Waals surface area contributed by atoms with Crippen LogP contribution in [-0.4, -0.2) is 42.5 Å². The third-order valence-corrected chi connectivity index (χ3v) is 4.11. The minimum atomic E-state index is 0.668. The minimum absolute atomic E-state index is 0.668. The zero-order chi connectivity index (χ0) is 11.8. The van der Waals surface area contributed by atoms with E-state index in [4.69, 9.17) is 0 Å². The molecule has 2 aliphatic heterocycles. The van der Waals surface area contributed by atoms with Gasteiger partial charge in [0.2, 0.25) is 0 Å². The molecule has 0 atom stereocenters. The molecule has 0 unspecified atom stereocenters. The number of rotatable bonds is 3. The quantitative estimate of drug-likeness (QED) is 0.724. The first-order valence-electron chi connectivity index (χ1n) is 6.64. The van der Waals surface area contributed by atoms with Gasteiger partial charge in [0.15, 0.2) is 0 Å². The summed E-state index contributed by atoms with van der Waals surface area (Å²) < 4.78 is 0. The molecule has 0 bridgehead atoms. The van der Waals surface area contributed by atoms with Gasteiger partial charge in [-0.3, -0.25) is 0 Å². The smallest absolute Gasteiger partial charge is 0.0180 e. The molecule has 2 saturated heterocycles. The molecule has 2 heterocycles. The van der Waals surface area contributed by atoms with Gasteiger partial charge in [-0.05, 0) is 31.1 Å². The first kappa shape index (κ1) is 12.0. The van der Waals surface area contributed by atoms with Gasteiger partial charge in [-0.25, -0.2) is 0 Å². The molecule has 2 nitrogen and oxygen atoms in total. The van der Waals surface area contributed by atoms with Crippen LogP contribution in [0.25, 0.3) is 0 Å². The van der Waals surface area contributed by atoms with E-state index in [0.717, 1.165) is 5.92 Å². The van der Waals surface area contributed by atoms with E-state index < -0.39 is 0 Å². The Morgan fingerprint density at radius 2 is 1.81 bits per heavy atom. The topological polar surface area (TPSA) is 6.48 Å². The molecule has 16 heavy (non-hydrogen) atoms. The lowest BCUT2D eigenvalue weighted by Crippen LogP contribution is -2.60. The van der Waals surface area contributed by atoms with Crippen molar-refractivity contribution in [1.82, 2.24) is 9.80 Å². The Kier molecular flexibility index (Phi) is 3.29. The first-order valence-corrected chi connectivity index (χ1v) is 6.64. The van der Waals surface area contributed by atoms with Gasteiger partial charge in [-0.15, -0.1) is 0 Å². The Morgan fingerprint density at radius 3 is 2.25 bits per heavy atom. The van der Waals surface area contributed by atoms with Crippen LogP contribution in [0.1, 0.15) is 33.6 Å². The number of piperidine rings is 1. The van der Waals surface area contributed by atoms with E-state index in [1.54, 1.807) is 0 Å². The summed E-state index contributed by atoms with van der Waals surface area (Å²) in [6, 6.07) is 0. The van der Waals surface area contributed by atoms with Gasteiger partial charge in [0, 0.05) is 38.4 Å². The molecule has 2 heteroatoms. The number of hydrogen-bond donors (Lipinski definition) is 0. The Bertz CT molecular complexity index is 254. The van der Waals surface area contributed by atoms with E-state index in [1.807, 2.05) is 0 Å². The Morgan fingerprint density at radius 1 is 1.25 bits per heavy atom. The van der Waals surface area contributed by atoms with Gasteiger partial charge < -0.3 is 9.80 Å². The van der Waals surface area contributed by atoms with E-state index in [9.17, 15) is 0 Å². The summed E-state index contributed by atoms with van der Waals surface area (Å²) in [6.07, 6.45) is 2.74. The SMILES string of the molecule is C=C(C)N1CCC2(CC1)CN(CC(C)C)C2. The predicted octanol–water partition coefficient (Wildman–Crippen LogP) is 2.57. The Labute approximate surface area is 100 Å². The summed E-state index contributed by atoms with van der Waals surface area (Å²) in [5.74, 6) is 0.813. The van der Waals surface area contributed by atoms with E-state index in [1.165, 1.54) is 51.3 Å². The third kappa shape index (κ3) is 2.42. The molecule has 0 aromatic heterocycles. The number of allylic oxidation sites excluding steroid dienone is 1. The fourth-order valence-corrected chi connectivity index (χ4v) is 3.23. The number of likely N-dealkylation sites (tertiary alicyclic amines) is 2. The highest BCUT2D eigenvalue weighted by Crippen LogP contribution is 2.41. The van der Waals surface area contributed by atoms with Crippen LogP contribution >= 0.6 is 0 Å². The molecule has 0 aromatic rings. The molecule has 2 fully saturated rings. The summed E-state index contributed by atoms with van der Waals surface area (Å²) in [7, 11) is 0. The van der Waals surface area contributed by atoms with Crippen molar-refractivity contribution >= 4 is 0 Å². The average Bonchev–Trinajstić information content (AvgIpc) is 2.15. The van der Waals surface area contributed by atoms with Crippen LogP contribution in [0, 0.1) is 11.3 Å². The monoisotopic (exact) mass is 222 g/mol. The normalized spacial score (nSPS) is 24.9. The fourth-order valence-electron chi connectivity index (χ4n) is 3.23. The van der Waals surface area contributed by atoms with E-state index in [0.29, 0.717) is 5.41 Å². The molecular formula is C14H26N2. The van der Waals surface area contributed by atoms with Gasteiger partial charge in [-0.1, -0.05) is 20.4 Å². The molecular weight excluding hydrogens is 196 g/mol. The maximum atomic E-state index is 4.04. The second-order valence-corrected chi connectivity index (χ2v) is 6.29. The third-order valence-electron chi connectivity index (χ3n) is 4.11. The lowest BCUT2D eigenvalue weighted by Gasteiger charge is -2.55. The molecule has 0 N–H and O–H groups in total. The van der Waals surface area contributed by atoms with Crippen LogP contribution in [0.5, 0.6) is 0 Å². The Balaban J connectivity index is 1.76. The highest BCUT2D eigenvalue weighted by molar-refractivity contribution is 5.01. The van der Waals surface area contributed by atoms with Crippen molar-refractivity contribution in [3.63, 3.8) is 0 Å². The predicted molar refractivity (Wildman–Crippen MR) is 69.3 cm³/mol. The molecule has 0 radical (unpaired) electrons. The highest BCUT2D eigenvalue weighted by atomic mass is 15.2. The van der Waals surface area contributed by atoms with Crippen molar-refractivity contribution in [3.8, 4) is 0 Å². The molecule has 0 aromatic carbocycles. The van der Waals surface area contributed by atoms with Crippen LogP contribution in [0.3, 0.4) is 0 Å². The van der Waals surface area contributed by atoms with Crippen molar-refractivity contribution in [3.05, 3.63) is 12.3 Å². The summed E-state index contributed by atoms with van der Waals surface area (Å²) in [4.78, 5) is 5.07. The summed E-state index contributed by atoms with van der Waals surface area (Å²) in [5.41, 5.74) is 1.91. The van der Waals surface area contributed by atoms with Gasteiger partial charge in [-0.2, -0.15) is 0 Å². The molecule has 2 rings (SSSR count). The van der Waals surface area contributed by atoms with Crippen molar-refractivity contribution in [2.24, 2.45) is 11.3 Å². The first-order chi connectivity index (χ1) is 7.51. The minimum Gasteiger partial charge on any atom is -0.375 e. The fraction of sp³-hybridized carbons (Fsp3) is 0.857. The Hall–Kier alpha value is -0.500. The average molecular weight is 222 g/mol.